The smallest absolute Gasteiger partial charge is 0.273 e. The molecule has 0 saturated carbocycles. The van der Waals surface area contributed by atoms with Gasteiger partial charge in [-0.1, -0.05) is 0 Å². The van der Waals surface area contributed by atoms with Crippen LogP contribution in [0.3, 0.4) is 0 Å². The van der Waals surface area contributed by atoms with Gasteiger partial charge in [0.1, 0.15) is 4.90 Å². The van der Waals surface area contributed by atoms with Gasteiger partial charge in [0.15, 0.2) is 5.69 Å². The number of primary sulfonamides is 1. The van der Waals surface area contributed by atoms with Crippen LogP contribution in [0.1, 0.15) is 35.9 Å². The van der Waals surface area contributed by atoms with Crippen LogP contribution in [0.2, 0.25) is 0 Å². The van der Waals surface area contributed by atoms with E-state index in [1.807, 2.05) is 6.92 Å². The predicted molar refractivity (Wildman–Crippen MR) is 70.6 cm³/mol. The molecule has 1 aliphatic heterocycles. The topological polar surface area (TPSA) is 127 Å². The van der Waals surface area contributed by atoms with Gasteiger partial charge in [-0.3, -0.25) is 9.89 Å². The number of aryl methyl sites for hydroxylation is 1. The Kier molecular flexibility index (Phi) is 4.11. The molecule has 2 rings (SSSR count). The maximum atomic E-state index is 12.1. The lowest BCUT2D eigenvalue weighted by atomic mass is 10.0. The van der Waals surface area contributed by atoms with Gasteiger partial charge in [-0.2, -0.15) is 5.10 Å². The molecule has 0 radical (unpaired) electrons. The molecule has 2 unspecified atom stereocenters. The van der Waals surface area contributed by atoms with E-state index in [1.165, 1.54) is 6.92 Å². The minimum atomic E-state index is -4.00. The molecule has 2 heterocycles. The summed E-state index contributed by atoms with van der Waals surface area (Å²) in [7, 11) is -4.00. The van der Waals surface area contributed by atoms with Crippen LogP contribution in [0.15, 0.2) is 4.90 Å². The average Bonchev–Trinajstić information content (AvgIpc) is 2.71. The van der Waals surface area contributed by atoms with Gasteiger partial charge < -0.3 is 10.1 Å². The number of hydrogen-bond donors (Lipinski definition) is 3. The summed E-state index contributed by atoms with van der Waals surface area (Å²) in [5.41, 5.74) is 0.0575. The van der Waals surface area contributed by atoms with Crippen LogP contribution >= 0.6 is 0 Å². The zero-order valence-electron chi connectivity index (χ0n) is 11.3. The van der Waals surface area contributed by atoms with E-state index in [9.17, 15) is 13.2 Å². The summed E-state index contributed by atoms with van der Waals surface area (Å²) in [4.78, 5) is 11.9. The molecule has 1 aromatic heterocycles. The molecule has 0 aromatic carbocycles. The molecule has 0 aliphatic carbocycles. The number of sulfonamides is 1. The number of hydrogen-bond acceptors (Lipinski definition) is 5. The number of carbonyl (C=O) groups is 1. The Balaban J connectivity index is 2.18. The summed E-state index contributed by atoms with van der Waals surface area (Å²) >= 11 is 0. The molecule has 9 heteroatoms. The van der Waals surface area contributed by atoms with Gasteiger partial charge in [0, 0.05) is 12.6 Å². The Morgan fingerprint density at radius 2 is 2.25 bits per heavy atom. The molecule has 8 nitrogen and oxygen atoms in total. The van der Waals surface area contributed by atoms with E-state index in [1.54, 1.807) is 0 Å². The molecule has 0 bridgehead atoms. The molecule has 4 N–H and O–H groups in total. The number of aromatic amines is 1. The zero-order valence-corrected chi connectivity index (χ0v) is 12.2. The quantitative estimate of drug-likeness (QED) is 0.704. The lowest BCUT2D eigenvalue weighted by Gasteiger charge is -2.27. The van der Waals surface area contributed by atoms with Gasteiger partial charge in [-0.25, -0.2) is 13.6 Å². The number of ether oxygens (including phenoxy) is 1. The van der Waals surface area contributed by atoms with Crippen molar-refractivity contribution in [1.82, 2.24) is 15.5 Å². The molecule has 1 aliphatic rings. The Labute approximate surface area is 117 Å². The van der Waals surface area contributed by atoms with Crippen LogP contribution in [0.4, 0.5) is 0 Å². The van der Waals surface area contributed by atoms with Gasteiger partial charge in [0.05, 0.1) is 11.8 Å². The molecular weight excluding hydrogens is 284 g/mol. The minimum absolute atomic E-state index is 0.0587. The standard InChI is InChI=1S/C11H18N4O4S/c1-6-5-8(3-4-19-6)13-11(16)9-10(20(12,17)18)7(2)14-15-9/h6,8H,3-5H2,1-2H3,(H,13,16)(H,14,15)(H2,12,17,18). The molecule has 1 amide bonds. The van der Waals surface area contributed by atoms with Crippen molar-refractivity contribution in [3.8, 4) is 0 Å². The minimum Gasteiger partial charge on any atom is -0.378 e. The predicted octanol–water partition coefficient (Wildman–Crippen LogP) is -0.337. The highest BCUT2D eigenvalue weighted by molar-refractivity contribution is 7.89. The summed E-state index contributed by atoms with van der Waals surface area (Å²) in [5.74, 6) is -0.544. The number of amides is 1. The lowest BCUT2D eigenvalue weighted by molar-refractivity contribution is 0.0136. The Hall–Kier alpha value is -1.45. The largest absolute Gasteiger partial charge is 0.378 e. The van der Waals surface area contributed by atoms with Gasteiger partial charge in [0.25, 0.3) is 5.91 Å². The Morgan fingerprint density at radius 3 is 2.85 bits per heavy atom. The third kappa shape index (κ3) is 3.17. The monoisotopic (exact) mass is 302 g/mol. The van der Waals surface area contributed by atoms with Gasteiger partial charge >= 0.3 is 0 Å². The second kappa shape index (κ2) is 5.51. The van der Waals surface area contributed by atoms with E-state index < -0.39 is 15.9 Å². The second-order valence-electron chi connectivity index (χ2n) is 4.95. The van der Waals surface area contributed by atoms with Crippen LogP contribution in [0, 0.1) is 6.92 Å². The Bertz CT molecular complexity index is 610. The molecule has 1 aromatic rings. The van der Waals surface area contributed by atoms with Crippen molar-refractivity contribution < 1.29 is 17.9 Å². The van der Waals surface area contributed by atoms with E-state index in [0.29, 0.717) is 19.4 Å². The molecule has 112 valence electrons. The molecule has 20 heavy (non-hydrogen) atoms. The van der Waals surface area contributed by atoms with E-state index in [2.05, 4.69) is 15.5 Å². The first kappa shape index (κ1) is 14.9. The summed E-state index contributed by atoms with van der Waals surface area (Å²) in [5, 5.41) is 14.1. The lowest BCUT2D eigenvalue weighted by Crippen LogP contribution is -2.41. The van der Waals surface area contributed by atoms with Gasteiger partial charge in [0.2, 0.25) is 10.0 Å². The molecular formula is C11H18N4O4S. The van der Waals surface area contributed by atoms with Crippen molar-refractivity contribution in [3.63, 3.8) is 0 Å². The Morgan fingerprint density at radius 1 is 1.55 bits per heavy atom. The summed E-state index contributed by atoms with van der Waals surface area (Å²) in [6.07, 6.45) is 1.43. The highest BCUT2D eigenvalue weighted by Crippen LogP contribution is 2.18. The number of H-pyrrole nitrogens is 1. The van der Waals surface area contributed by atoms with E-state index in [4.69, 9.17) is 9.88 Å². The third-order valence-corrected chi connectivity index (χ3v) is 4.28. The number of aromatic nitrogens is 2. The highest BCUT2D eigenvalue weighted by atomic mass is 32.2. The van der Waals surface area contributed by atoms with E-state index in [-0.39, 0.29) is 28.4 Å². The fraction of sp³-hybridized carbons (Fsp3) is 0.636. The number of nitrogens with two attached hydrogens (primary N) is 1. The summed E-state index contributed by atoms with van der Waals surface area (Å²) in [6.45, 7) is 3.99. The summed E-state index contributed by atoms with van der Waals surface area (Å²) < 4.78 is 28.4. The van der Waals surface area contributed by atoms with Crippen molar-refractivity contribution in [2.24, 2.45) is 5.14 Å². The van der Waals surface area contributed by atoms with Crippen molar-refractivity contribution in [1.29, 1.82) is 0 Å². The molecule has 1 fully saturated rings. The van der Waals surface area contributed by atoms with E-state index >= 15 is 0 Å². The van der Waals surface area contributed by atoms with Crippen molar-refractivity contribution >= 4 is 15.9 Å². The highest BCUT2D eigenvalue weighted by Gasteiger charge is 2.28. The normalized spacial score (nSPS) is 23.6. The average molecular weight is 302 g/mol. The van der Waals surface area contributed by atoms with Crippen LogP contribution in [0.5, 0.6) is 0 Å². The van der Waals surface area contributed by atoms with Crippen LogP contribution < -0.4 is 10.5 Å². The molecule has 0 spiro atoms. The first-order valence-electron chi connectivity index (χ1n) is 6.29. The first-order chi connectivity index (χ1) is 9.29. The molecule has 1 saturated heterocycles. The van der Waals surface area contributed by atoms with Crippen molar-refractivity contribution in [2.45, 2.75) is 43.7 Å². The van der Waals surface area contributed by atoms with Crippen molar-refractivity contribution in [3.05, 3.63) is 11.4 Å². The number of nitrogens with one attached hydrogen (secondary N) is 2. The fourth-order valence-corrected chi connectivity index (χ4v) is 3.18. The SMILES string of the molecule is Cc1[nH]nc(C(=O)NC2CCOC(C)C2)c1S(N)(=O)=O. The van der Waals surface area contributed by atoms with Crippen LogP contribution in [-0.4, -0.2) is 43.3 Å². The first-order valence-corrected chi connectivity index (χ1v) is 7.84. The number of carbonyl (C=O) groups excluding carboxylic acids is 1. The van der Waals surface area contributed by atoms with Crippen LogP contribution in [-0.2, 0) is 14.8 Å². The zero-order chi connectivity index (χ0) is 14.9. The second-order valence-corrected chi connectivity index (χ2v) is 6.45. The number of rotatable bonds is 3. The maximum Gasteiger partial charge on any atom is 0.273 e. The molecule has 2 atom stereocenters. The fourth-order valence-electron chi connectivity index (χ4n) is 2.30. The third-order valence-electron chi connectivity index (χ3n) is 3.21. The van der Waals surface area contributed by atoms with Gasteiger partial charge in [-0.05, 0) is 26.7 Å². The van der Waals surface area contributed by atoms with Crippen LogP contribution in [0.25, 0.3) is 0 Å². The van der Waals surface area contributed by atoms with Crippen molar-refractivity contribution in [2.75, 3.05) is 6.61 Å². The summed E-state index contributed by atoms with van der Waals surface area (Å²) in [6, 6.07) is -0.0587. The van der Waals surface area contributed by atoms with E-state index in [0.717, 1.165) is 0 Å². The van der Waals surface area contributed by atoms with Gasteiger partial charge in [-0.15, -0.1) is 0 Å². The number of nitrogens with zero attached hydrogens (tertiary/aromatic N) is 1. The maximum absolute atomic E-state index is 12.1.